The van der Waals surface area contributed by atoms with Crippen molar-refractivity contribution in [3.05, 3.63) is 0 Å². The van der Waals surface area contributed by atoms with Crippen LogP contribution in [0, 0.1) is 0 Å². The molecule has 0 aromatic carbocycles. The maximum Gasteiger partial charge on any atom is 0.222 e. The van der Waals surface area contributed by atoms with Crippen molar-refractivity contribution < 1.29 is 9.53 Å². The summed E-state index contributed by atoms with van der Waals surface area (Å²) in [4.78, 5) is 14.7. The molecule has 3 heterocycles. The smallest absolute Gasteiger partial charge is 0.222 e. The van der Waals surface area contributed by atoms with Gasteiger partial charge in [-0.25, -0.2) is 0 Å². The lowest BCUT2D eigenvalue weighted by atomic mass is 9.82. The van der Waals surface area contributed by atoms with Crippen molar-refractivity contribution in [3.8, 4) is 0 Å². The minimum Gasteiger partial charge on any atom is -0.375 e. The highest BCUT2D eigenvalue weighted by molar-refractivity contribution is 5.85. The molecule has 0 aromatic heterocycles. The molecular formula is C15H29Cl2N3O2. The Morgan fingerprint density at radius 2 is 1.95 bits per heavy atom. The van der Waals surface area contributed by atoms with Gasteiger partial charge in [-0.05, 0) is 32.7 Å². The van der Waals surface area contributed by atoms with Gasteiger partial charge in [-0.15, -0.1) is 24.8 Å². The summed E-state index contributed by atoms with van der Waals surface area (Å²) in [5.74, 6) is 0.159. The van der Waals surface area contributed by atoms with Gasteiger partial charge in [0, 0.05) is 31.2 Å². The number of hydrogen-bond donors (Lipinski definition) is 2. The second-order valence-electron chi connectivity index (χ2n) is 6.54. The molecule has 3 atom stereocenters. The minimum absolute atomic E-state index is 0. The summed E-state index contributed by atoms with van der Waals surface area (Å²) in [6, 6.07) is 1.70. The predicted octanol–water partition coefficient (Wildman–Crippen LogP) is 1.34. The molecule has 7 heteroatoms. The highest BCUT2D eigenvalue weighted by Crippen LogP contribution is 2.32. The van der Waals surface area contributed by atoms with Crippen molar-refractivity contribution in [2.45, 2.75) is 62.8 Å². The number of nitrogens with one attached hydrogen (secondary N) is 2. The Morgan fingerprint density at radius 1 is 1.27 bits per heavy atom. The van der Waals surface area contributed by atoms with Crippen molar-refractivity contribution in [1.29, 1.82) is 0 Å². The van der Waals surface area contributed by atoms with E-state index in [1.54, 1.807) is 0 Å². The summed E-state index contributed by atoms with van der Waals surface area (Å²) in [5, 5.41) is 6.51. The average molecular weight is 354 g/mol. The Labute approximate surface area is 145 Å². The molecule has 3 saturated heterocycles. The first-order valence-corrected chi connectivity index (χ1v) is 8.06. The van der Waals surface area contributed by atoms with Crippen molar-refractivity contribution in [2.24, 2.45) is 0 Å². The predicted molar refractivity (Wildman–Crippen MR) is 92.1 cm³/mol. The number of ether oxygens (including phenoxy) is 1. The number of nitrogens with zero attached hydrogens (tertiary/aromatic N) is 1. The summed E-state index contributed by atoms with van der Waals surface area (Å²) in [6.07, 6.45) is 6.69. The van der Waals surface area contributed by atoms with E-state index in [0.29, 0.717) is 24.5 Å². The van der Waals surface area contributed by atoms with Crippen LogP contribution in [0.3, 0.4) is 0 Å². The van der Waals surface area contributed by atoms with Crippen molar-refractivity contribution in [3.63, 3.8) is 0 Å². The average Bonchev–Trinajstić information content (AvgIpc) is 2.41. The van der Waals surface area contributed by atoms with E-state index < -0.39 is 0 Å². The van der Waals surface area contributed by atoms with Crippen LogP contribution < -0.4 is 10.6 Å². The molecule has 3 unspecified atom stereocenters. The first-order valence-electron chi connectivity index (χ1n) is 8.06. The highest BCUT2D eigenvalue weighted by Gasteiger charge is 2.36. The third-order valence-corrected chi connectivity index (χ3v) is 5.12. The van der Waals surface area contributed by atoms with Crippen molar-refractivity contribution in [1.82, 2.24) is 15.5 Å². The fourth-order valence-corrected chi connectivity index (χ4v) is 3.98. The van der Waals surface area contributed by atoms with Gasteiger partial charge in [0.05, 0.1) is 19.1 Å². The molecule has 1 amide bonds. The van der Waals surface area contributed by atoms with Crippen molar-refractivity contribution in [2.75, 3.05) is 26.7 Å². The summed E-state index contributed by atoms with van der Waals surface area (Å²) >= 11 is 0. The Bertz CT molecular complexity index is 340. The second-order valence-corrected chi connectivity index (χ2v) is 6.54. The quantitative estimate of drug-likeness (QED) is 0.803. The van der Waals surface area contributed by atoms with Gasteiger partial charge in [-0.3, -0.25) is 4.79 Å². The molecule has 3 rings (SSSR count). The van der Waals surface area contributed by atoms with Crippen LogP contribution in [0.5, 0.6) is 0 Å². The molecule has 2 N–H and O–H groups in total. The lowest BCUT2D eigenvalue weighted by molar-refractivity contribution is -0.126. The normalized spacial score (nSPS) is 35.0. The minimum atomic E-state index is 0. The van der Waals surface area contributed by atoms with E-state index in [1.807, 2.05) is 0 Å². The van der Waals surface area contributed by atoms with E-state index >= 15 is 0 Å². The van der Waals surface area contributed by atoms with Crippen LogP contribution >= 0.6 is 24.8 Å². The van der Waals surface area contributed by atoms with Gasteiger partial charge in [0.15, 0.2) is 0 Å². The maximum atomic E-state index is 12.1. The number of carbonyl (C=O) groups excluding carboxylic acids is 1. The standard InChI is InChI=1S/C15H27N3O2.2ClH/c1-18-12-3-2-4-13(18)8-11(7-12)17-15(19)9-14-10-16-5-6-20-14;;/h11-14,16H,2-10H2,1H3,(H,17,19);2*1H. The molecule has 3 aliphatic rings. The highest BCUT2D eigenvalue weighted by atomic mass is 35.5. The number of fused-ring (bicyclic) bond motifs is 2. The first kappa shape index (κ1) is 20.0. The second kappa shape index (κ2) is 9.28. The number of hydrogen-bond acceptors (Lipinski definition) is 4. The Kier molecular flexibility index (Phi) is 8.43. The number of piperidine rings is 2. The zero-order valence-corrected chi connectivity index (χ0v) is 14.9. The lowest BCUT2D eigenvalue weighted by Crippen LogP contribution is -2.55. The first-order chi connectivity index (χ1) is 9.72. The zero-order chi connectivity index (χ0) is 13.9. The summed E-state index contributed by atoms with van der Waals surface area (Å²) < 4.78 is 5.60. The SMILES string of the molecule is CN1C2CCCC1CC(NC(=O)CC1CNCCO1)C2.Cl.Cl. The topological polar surface area (TPSA) is 53.6 Å². The molecule has 3 fully saturated rings. The van der Waals surface area contributed by atoms with E-state index in [0.717, 1.165) is 32.5 Å². The van der Waals surface area contributed by atoms with Gasteiger partial charge in [-0.2, -0.15) is 0 Å². The van der Waals surface area contributed by atoms with Crippen LogP contribution in [-0.4, -0.2) is 61.8 Å². The Hall–Kier alpha value is -0.0700. The molecule has 3 aliphatic heterocycles. The van der Waals surface area contributed by atoms with Gasteiger partial charge in [-0.1, -0.05) is 6.42 Å². The van der Waals surface area contributed by atoms with E-state index in [4.69, 9.17) is 4.74 Å². The van der Waals surface area contributed by atoms with Gasteiger partial charge in [0.2, 0.25) is 5.91 Å². The monoisotopic (exact) mass is 353 g/mol. The van der Waals surface area contributed by atoms with Gasteiger partial charge in [0.1, 0.15) is 0 Å². The number of amides is 1. The van der Waals surface area contributed by atoms with Gasteiger partial charge >= 0.3 is 0 Å². The molecule has 0 saturated carbocycles. The fraction of sp³-hybridized carbons (Fsp3) is 0.933. The largest absolute Gasteiger partial charge is 0.375 e. The number of halogens is 2. The Morgan fingerprint density at radius 3 is 2.55 bits per heavy atom. The van der Waals surface area contributed by atoms with Crippen LogP contribution in [-0.2, 0) is 9.53 Å². The maximum absolute atomic E-state index is 12.1. The van der Waals surface area contributed by atoms with Crippen LogP contribution in [0.25, 0.3) is 0 Å². The van der Waals surface area contributed by atoms with E-state index in [2.05, 4.69) is 22.6 Å². The molecule has 5 nitrogen and oxygen atoms in total. The number of morpholine rings is 1. The summed E-state index contributed by atoms with van der Waals surface area (Å²) in [6.45, 7) is 2.42. The van der Waals surface area contributed by atoms with Crippen LogP contribution in [0.15, 0.2) is 0 Å². The molecule has 2 bridgehead atoms. The lowest BCUT2D eigenvalue weighted by Gasteiger charge is -2.47. The van der Waals surface area contributed by atoms with Crippen LogP contribution in [0.4, 0.5) is 0 Å². The third-order valence-electron chi connectivity index (χ3n) is 5.12. The third kappa shape index (κ3) is 4.96. The Balaban J connectivity index is 0.00000121. The van der Waals surface area contributed by atoms with Crippen LogP contribution in [0.1, 0.15) is 38.5 Å². The number of rotatable bonds is 3. The number of carbonyl (C=O) groups is 1. The molecule has 130 valence electrons. The molecular weight excluding hydrogens is 325 g/mol. The van der Waals surface area contributed by atoms with Gasteiger partial charge < -0.3 is 20.3 Å². The van der Waals surface area contributed by atoms with E-state index in [9.17, 15) is 4.79 Å². The summed E-state index contributed by atoms with van der Waals surface area (Å²) in [7, 11) is 2.24. The zero-order valence-electron chi connectivity index (χ0n) is 13.3. The van der Waals surface area contributed by atoms with Crippen LogP contribution in [0.2, 0.25) is 0 Å². The van der Waals surface area contributed by atoms with Gasteiger partial charge in [0.25, 0.3) is 0 Å². The van der Waals surface area contributed by atoms with E-state index in [1.165, 1.54) is 19.3 Å². The summed E-state index contributed by atoms with van der Waals surface area (Å²) in [5.41, 5.74) is 0. The fourth-order valence-electron chi connectivity index (χ4n) is 3.98. The van der Waals surface area contributed by atoms with Crippen molar-refractivity contribution >= 4 is 30.7 Å². The molecule has 0 spiro atoms. The molecule has 0 aliphatic carbocycles. The molecule has 22 heavy (non-hydrogen) atoms. The van der Waals surface area contributed by atoms with E-state index in [-0.39, 0.29) is 36.8 Å². The molecule has 0 radical (unpaired) electrons. The molecule has 0 aromatic rings.